The van der Waals surface area contributed by atoms with Crippen LogP contribution < -0.4 is 0 Å². The Morgan fingerprint density at radius 2 is 1.90 bits per heavy atom. The quantitative estimate of drug-likeness (QED) is 0.344. The van der Waals surface area contributed by atoms with Crippen LogP contribution in [-0.4, -0.2) is 30.0 Å². The molecule has 0 saturated heterocycles. The van der Waals surface area contributed by atoms with Crippen LogP contribution in [-0.2, 0) is 0 Å². The number of hydrogen-bond acceptors (Lipinski definition) is 1. The Balaban J connectivity index is 4.40. The second kappa shape index (κ2) is 3.23. The lowest BCUT2D eigenvalue weighted by atomic mass is 10.6. The van der Waals surface area contributed by atoms with Crippen LogP contribution >= 0.6 is 16.1 Å². The van der Waals surface area contributed by atoms with E-state index in [0.717, 1.165) is 11.0 Å². The number of aliphatic imine (C=N–C) groups is 1. The van der Waals surface area contributed by atoms with Gasteiger partial charge in [-0.25, -0.2) is 0 Å². The van der Waals surface area contributed by atoms with Gasteiger partial charge in [0.15, 0.2) is 0 Å². The minimum absolute atomic E-state index is 0.743. The van der Waals surface area contributed by atoms with E-state index >= 15 is 0 Å². The highest BCUT2D eigenvalue weighted by Gasteiger charge is 2.37. The maximum absolute atomic E-state index is 11.8. The molecule has 0 saturated carbocycles. The molecule has 0 unspecified atom stereocenters. The van der Waals surface area contributed by atoms with Gasteiger partial charge in [-0.3, -0.25) is 8.92 Å². The summed E-state index contributed by atoms with van der Waals surface area (Å²) in [6.07, 6.45) is -4.38. The van der Waals surface area contributed by atoms with Crippen molar-refractivity contribution in [2.75, 3.05) is 14.1 Å². The van der Waals surface area contributed by atoms with Crippen molar-refractivity contribution in [3.05, 3.63) is 0 Å². The van der Waals surface area contributed by atoms with Gasteiger partial charge in [-0.1, -0.05) is 0 Å². The highest BCUT2D eigenvalue weighted by Crippen LogP contribution is 2.20. The van der Waals surface area contributed by atoms with Crippen molar-refractivity contribution in [2.45, 2.75) is 6.18 Å². The minimum atomic E-state index is -4.38. The average Bonchev–Trinajstić information content (AvgIpc) is 1.60. The first kappa shape index (κ1) is 9.74. The van der Waals surface area contributed by atoms with Gasteiger partial charge >= 0.3 is 6.18 Å². The number of nitrogens with zero attached hydrogens (tertiary/aromatic N) is 2. The maximum atomic E-state index is 11.8. The molecule has 0 aromatic carbocycles. The molecule has 0 aromatic rings. The Labute approximate surface area is 65.1 Å². The Morgan fingerprint density at radius 1 is 1.50 bits per heavy atom. The summed E-state index contributed by atoms with van der Waals surface area (Å²) in [5, 5.41) is 0. The number of rotatable bonds is 0. The van der Waals surface area contributed by atoms with Gasteiger partial charge < -0.3 is 0 Å². The number of halogens is 4. The molecule has 0 fully saturated rings. The fourth-order valence-corrected chi connectivity index (χ4v) is 0.799. The predicted octanol–water partition coefficient (Wildman–Crippen LogP) is 1.82. The van der Waals surface area contributed by atoms with E-state index in [1.54, 1.807) is 0 Å². The van der Waals surface area contributed by atoms with Crippen LogP contribution in [0.1, 0.15) is 0 Å². The Morgan fingerprint density at radius 3 is 1.90 bits per heavy atom. The zero-order valence-corrected chi connectivity index (χ0v) is 6.99. The molecular weight excluding hydrogens is 213 g/mol. The van der Waals surface area contributed by atoms with E-state index in [4.69, 9.17) is 0 Å². The van der Waals surface area contributed by atoms with Crippen LogP contribution in [0.15, 0.2) is 4.99 Å². The van der Waals surface area contributed by atoms with Crippen molar-refractivity contribution in [1.29, 1.82) is 0 Å². The second-order valence-corrected chi connectivity index (χ2v) is 2.59. The second-order valence-electron chi connectivity index (χ2n) is 1.52. The molecule has 0 aliphatic heterocycles. The summed E-state index contributed by atoms with van der Waals surface area (Å²) in [5.74, 6) is -0.951. The normalized spacial score (nSPS) is 13.6. The smallest absolute Gasteiger partial charge is 0.292 e. The molecule has 0 aliphatic rings. The predicted molar refractivity (Wildman–Crippen MR) is 36.1 cm³/mol. The molecule has 0 aromatic heterocycles. The first-order valence-electron chi connectivity index (χ1n) is 2.33. The van der Waals surface area contributed by atoms with Crippen LogP contribution in [0.4, 0.5) is 13.2 Å². The Kier molecular flexibility index (Phi) is 3.14. The third-order valence-corrected chi connectivity index (χ3v) is 1.09. The van der Waals surface area contributed by atoms with Gasteiger partial charge in [-0.15, -0.1) is 0 Å². The molecule has 10 heavy (non-hydrogen) atoms. The summed E-state index contributed by atoms with van der Waals surface area (Å²) in [4.78, 5) is 3.03. The van der Waals surface area contributed by atoms with Gasteiger partial charge in [0.1, 0.15) is 0 Å². The minimum Gasteiger partial charge on any atom is -0.292 e. The molecule has 0 amide bonds. The van der Waals surface area contributed by atoms with E-state index in [0.29, 0.717) is 0 Å². The number of alkyl halides is 3. The molecular formula is C4H6BrF3N2. The van der Waals surface area contributed by atoms with Crippen molar-refractivity contribution < 1.29 is 13.2 Å². The van der Waals surface area contributed by atoms with Gasteiger partial charge in [-0.2, -0.15) is 13.2 Å². The van der Waals surface area contributed by atoms with E-state index in [1.807, 2.05) is 0 Å². The van der Waals surface area contributed by atoms with Gasteiger partial charge in [-0.05, 0) is 0 Å². The number of hydrogen-bond donors (Lipinski definition) is 0. The molecule has 0 bridgehead atoms. The van der Waals surface area contributed by atoms with Gasteiger partial charge in [0.25, 0.3) is 0 Å². The van der Waals surface area contributed by atoms with Crippen LogP contribution in [0.3, 0.4) is 0 Å². The third-order valence-electron chi connectivity index (χ3n) is 0.757. The van der Waals surface area contributed by atoms with Crippen LogP contribution in [0.5, 0.6) is 0 Å². The molecule has 0 aliphatic carbocycles. The van der Waals surface area contributed by atoms with E-state index in [1.165, 1.54) is 7.05 Å². The van der Waals surface area contributed by atoms with E-state index in [2.05, 4.69) is 21.1 Å². The van der Waals surface area contributed by atoms with Crippen molar-refractivity contribution >= 4 is 22.0 Å². The summed E-state index contributed by atoms with van der Waals surface area (Å²) in [6, 6.07) is 0. The van der Waals surface area contributed by atoms with Crippen LogP contribution in [0.25, 0.3) is 0 Å². The van der Waals surface area contributed by atoms with Crippen LogP contribution in [0, 0.1) is 0 Å². The third kappa shape index (κ3) is 2.55. The molecule has 2 nitrogen and oxygen atoms in total. The Hall–Kier alpha value is -0.260. The first-order valence-corrected chi connectivity index (χ1v) is 3.04. The zero-order valence-electron chi connectivity index (χ0n) is 5.41. The summed E-state index contributed by atoms with van der Waals surface area (Å²) < 4.78 is 36.0. The SMILES string of the molecule is CN=C(N(C)Br)C(F)(F)F. The van der Waals surface area contributed by atoms with Gasteiger partial charge in [0.2, 0.25) is 5.84 Å². The molecule has 0 radical (unpaired) electrons. The molecule has 60 valence electrons. The van der Waals surface area contributed by atoms with Crippen molar-refractivity contribution in [3.8, 4) is 0 Å². The molecule has 0 N–H and O–H groups in total. The highest BCUT2D eigenvalue weighted by molar-refractivity contribution is 9.07. The summed E-state index contributed by atoms with van der Waals surface area (Å²) in [6.45, 7) is 0. The monoisotopic (exact) mass is 218 g/mol. The summed E-state index contributed by atoms with van der Waals surface area (Å²) in [7, 11) is 2.30. The summed E-state index contributed by atoms with van der Waals surface area (Å²) >= 11 is 2.62. The van der Waals surface area contributed by atoms with Crippen molar-refractivity contribution in [3.63, 3.8) is 0 Å². The topological polar surface area (TPSA) is 15.6 Å². The fraction of sp³-hybridized carbons (Fsp3) is 0.750. The van der Waals surface area contributed by atoms with Gasteiger partial charge in [0.05, 0.1) is 16.1 Å². The standard InChI is InChI=1S/C4H6BrF3N2/c1-9-3(10(2)5)4(6,7)8/h1-2H3. The fourth-order valence-electron chi connectivity index (χ4n) is 0.439. The lowest BCUT2D eigenvalue weighted by Gasteiger charge is -2.14. The average molecular weight is 219 g/mol. The lowest BCUT2D eigenvalue weighted by molar-refractivity contribution is -0.0643. The number of amidine groups is 1. The molecule has 0 atom stereocenters. The van der Waals surface area contributed by atoms with Crippen molar-refractivity contribution in [1.82, 2.24) is 3.93 Å². The molecule has 0 spiro atoms. The highest BCUT2D eigenvalue weighted by atomic mass is 79.9. The van der Waals surface area contributed by atoms with Crippen LogP contribution in [0.2, 0.25) is 0 Å². The lowest BCUT2D eigenvalue weighted by Crippen LogP contribution is -2.32. The largest absolute Gasteiger partial charge is 0.449 e. The van der Waals surface area contributed by atoms with Crippen molar-refractivity contribution in [2.24, 2.45) is 4.99 Å². The van der Waals surface area contributed by atoms with E-state index in [-0.39, 0.29) is 0 Å². The molecule has 6 heteroatoms. The molecule has 0 heterocycles. The zero-order chi connectivity index (χ0) is 8.36. The molecule has 0 rings (SSSR count). The van der Waals surface area contributed by atoms with Gasteiger partial charge in [0, 0.05) is 14.1 Å². The summed E-state index contributed by atoms with van der Waals surface area (Å²) in [5.41, 5.74) is 0. The Bertz CT molecular complexity index is 140. The van der Waals surface area contributed by atoms with E-state index in [9.17, 15) is 13.2 Å². The van der Waals surface area contributed by atoms with E-state index < -0.39 is 12.0 Å². The maximum Gasteiger partial charge on any atom is 0.449 e. The first-order chi connectivity index (χ1) is 4.39.